The molecule has 3 unspecified atom stereocenters. The summed E-state index contributed by atoms with van der Waals surface area (Å²) in [5.41, 5.74) is 0. The molecule has 0 aromatic rings. The molecule has 2 nitrogen and oxygen atoms in total. The SMILES string of the molecule is C=CCNCC(C)N1CCC2CCCCC2C1. The Morgan fingerprint density at radius 3 is 2.82 bits per heavy atom. The lowest BCUT2D eigenvalue weighted by Crippen LogP contribution is -2.48. The van der Waals surface area contributed by atoms with Crippen molar-refractivity contribution >= 4 is 0 Å². The van der Waals surface area contributed by atoms with Crippen LogP contribution in [0.1, 0.15) is 39.0 Å². The van der Waals surface area contributed by atoms with Crippen LogP contribution in [0.25, 0.3) is 0 Å². The zero-order valence-corrected chi connectivity index (χ0v) is 11.3. The minimum absolute atomic E-state index is 0.679. The monoisotopic (exact) mass is 236 g/mol. The van der Waals surface area contributed by atoms with E-state index in [1.807, 2.05) is 6.08 Å². The van der Waals surface area contributed by atoms with E-state index in [2.05, 4.69) is 23.7 Å². The molecule has 0 spiro atoms. The number of piperidine rings is 1. The van der Waals surface area contributed by atoms with E-state index in [1.165, 1.54) is 45.2 Å². The predicted octanol–water partition coefficient (Wildman–Crippen LogP) is 2.66. The van der Waals surface area contributed by atoms with Crippen LogP contribution < -0.4 is 5.32 Å². The van der Waals surface area contributed by atoms with E-state index in [1.54, 1.807) is 0 Å². The average Bonchev–Trinajstić information content (AvgIpc) is 2.38. The maximum Gasteiger partial charge on any atom is 0.0192 e. The minimum atomic E-state index is 0.679. The molecule has 98 valence electrons. The Hall–Kier alpha value is -0.340. The fourth-order valence-corrected chi connectivity index (χ4v) is 3.55. The third-order valence-corrected chi connectivity index (χ3v) is 4.67. The second-order valence-electron chi connectivity index (χ2n) is 5.88. The zero-order valence-electron chi connectivity index (χ0n) is 11.3. The molecule has 0 bridgehead atoms. The van der Waals surface area contributed by atoms with Crippen LogP contribution in [0, 0.1) is 11.8 Å². The van der Waals surface area contributed by atoms with Crippen molar-refractivity contribution in [3.05, 3.63) is 12.7 Å². The summed E-state index contributed by atoms with van der Waals surface area (Å²) in [6, 6.07) is 0.679. The third kappa shape index (κ3) is 3.56. The molecule has 0 amide bonds. The van der Waals surface area contributed by atoms with Gasteiger partial charge in [0.1, 0.15) is 0 Å². The van der Waals surface area contributed by atoms with Crippen LogP contribution in [-0.4, -0.2) is 37.1 Å². The summed E-state index contributed by atoms with van der Waals surface area (Å²) in [6.07, 6.45) is 9.32. The van der Waals surface area contributed by atoms with Gasteiger partial charge in [0.25, 0.3) is 0 Å². The Kier molecular flexibility index (Phi) is 5.05. The Bertz CT molecular complexity index is 239. The molecule has 0 radical (unpaired) electrons. The van der Waals surface area contributed by atoms with Crippen LogP contribution in [0.5, 0.6) is 0 Å². The Morgan fingerprint density at radius 1 is 1.29 bits per heavy atom. The van der Waals surface area contributed by atoms with Crippen molar-refractivity contribution in [1.82, 2.24) is 10.2 Å². The van der Waals surface area contributed by atoms with Crippen LogP contribution in [0.3, 0.4) is 0 Å². The van der Waals surface area contributed by atoms with Gasteiger partial charge in [0.15, 0.2) is 0 Å². The number of likely N-dealkylation sites (tertiary alicyclic amines) is 1. The molecule has 1 saturated carbocycles. The lowest BCUT2D eigenvalue weighted by molar-refractivity contribution is 0.0620. The second-order valence-corrected chi connectivity index (χ2v) is 5.88. The first kappa shape index (κ1) is 13.1. The van der Waals surface area contributed by atoms with Crippen molar-refractivity contribution in [2.45, 2.75) is 45.1 Å². The molecule has 3 atom stereocenters. The van der Waals surface area contributed by atoms with Crippen LogP contribution in [0.2, 0.25) is 0 Å². The van der Waals surface area contributed by atoms with Gasteiger partial charge in [-0.15, -0.1) is 6.58 Å². The lowest BCUT2D eigenvalue weighted by atomic mass is 9.75. The molecule has 1 heterocycles. The summed E-state index contributed by atoms with van der Waals surface area (Å²) in [4.78, 5) is 2.70. The molecule has 2 rings (SSSR count). The van der Waals surface area contributed by atoms with Gasteiger partial charge in [-0.05, 0) is 38.1 Å². The summed E-state index contributed by atoms with van der Waals surface area (Å²) >= 11 is 0. The van der Waals surface area contributed by atoms with Gasteiger partial charge in [0.05, 0.1) is 0 Å². The molecule has 2 aliphatic rings. The maximum atomic E-state index is 3.75. The summed E-state index contributed by atoms with van der Waals surface area (Å²) in [5, 5.41) is 3.44. The van der Waals surface area contributed by atoms with Crippen LogP contribution in [0.4, 0.5) is 0 Å². The standard InChI is InChI=1S/C15H28N2/c1-3-9-16-11-13(2)17-10-8-14-6-4-5-7-15(14)12-17/h3,13-16H,1,4-12H2,2H3. The highest BCUT2D eigenvalue weighted by molar-refractivity contribution is 4.86. The Labute approximate surface area is 106 Å². The molecular weight excluding hydrogens is 208 g/mol. The van der Waals surface area contributed by atoms with Gasteiger partial charge in [0.2, 0.25) is 0 Å². The molecule has 0 aromatic heterocycles. The summed E-state index contributed by atoms with van der Waals surface area (Å²) in [7, 11) is 0. The van der Waals surface area contributed by atoms with Crippen molar-refractivity contribution in [2.75, 3.05) is 26.2 Å². The fraction of sp³-hybridized carbons (Fsp3) is 0.867. The van der Waals surface area contributed by atoms with Crippen molar-refractivity contribution in [3.8, 4) is 0 Å². The number of hydrogen-bond acceptors (Lipinski definition) is 2. The molecule has 2 fully saturated rings. The van der Waals surface area contributed by atoms with Crippen LogP contribution in [0.15, 0.2) is 12.7 Å². The van der Waals surface area contributed by atoms with Crippen LogP contribution >= 0.6 is 0 Å². The van der Waals surface area contributed by atoms with Crippen molar-refractivity contribution in [3.63, 3.8) is 0 Å². The topological polar surface area (TPSA) is 15.3 Å². The highest BCUT2D eigenvalue weighted by atomic mass is 15.2. The number of nitrogens with zero attached hydrogens (tertiary/aromatic N) is 1. The van der Waals surface area contributed by atoms with Crippen molar-refractivity contribution in [2.24, 2.45) is 11.8 Å². The average molecular weight is 236 g/mol. The smallest absolute Gasteiger partial charge is 0.0192 e. The zero-order chi connectivity index (χ0) is 12.1. The Morgan fingerprint density at radius 2 is 2.06 bits per heavy atom. The van der Waals surface area contributed by atoms with E-state index >= 15 is 0 Å². The first-order valence-corrected chi connectivity index (χ1v) is 7.37. The van der Waals surface area contributed by atoms with Gasteiger partial charge in [0, 0.05) is 25.7 Å². The first-order valence-electron chi connectivity index (χ1n) is 7.37. The molecule has 1 aliphatic carbocycles. The van der Waals surface area contributed by atoms with Gasteiger partial charge in [-0.2, -0.15) is 0 Å². The lowest BCUT2D eigenvalue weighted by Gasteiger charge is -2.43. The van der Waals surface area contributed by atoms with E-state index in [0.29, 0.717) is 6.04 Å². The molecule has 2 heteroatoms. The molecule has 1 N–H and O–H groups in total. The summed E-state index contributed by atoms with van der Waals surface area (Å²) in [5.74, 6) is 2.05. The Balaban J connectivity index is 1.76. The number of hydrogen-bond donors (Lipinski definition) is 1. The highest BCUT2D eigenvalue weighted by Crippen LogP contribution is 2.36. The van der Waals surface area contributed by atoms with Gasteiger partial charge < -0.3 is 5.32 Å². The van der Waals surface area contributed by atoms with E-state index in [-0.39, 0.29) is 0 Å². The predicted molar refractivity (Wildman–Crippen MR) is 74.2 cm³/mol. The summed E-state index contributed by atoms with van der Waals surface area (Å²) < 4.78 is 0. The van der Waals surface area contributed by atoms with E-state index in [0.717, 1.165) is 24.9 Å². The molecule has 1 aliphatic heterocycles. The molecule has 17 heavy (non-hydrogen) atoms. The quantitative estimate of drug-likeness (QED) is 0.583. The normalized spacial score (nSPS) is 31.8. The molecule has 1 saturated heterocycles. The second kappa shape index (κ2) is 6.55. The van der Waals surface area contributed by atoms with E-state index in [9.17, 15) is 0 Å². The van der Waals surface area contributed by atoms with Gasteiger partial charge >= 0.3 is 0 Å². The minimum Gasteiger partial charge on any atom is -0.312 e. The largest absolute Gasteiger partial charge is 0.312 e. The van der Waals surface area contributed by atoms with Crippen molar-refractivity contribution in [1.29, 1.82) is 0 Å². The van der Waals surface area contributed by atoms with Crippen LogP contribution in [-0.2, 0) is 0 Å². The molecular formula is C15H28N2. The molecule has 0 aromatic carbocycles. The van der Waals surface area contributed by atoms with Gasteiger partial charge in [-0.25, -0.2) is 0 Å². The highest BCUT2D eigenvalue weighted by Gasteiger charge is 2.32. The van der Waals surface area contributed by atoms with E-state index in [4.69, 9.17) is 0 Å². The number of fused-ring (bicyclic) bond motifs is 1. The number of rotatable bonds is 5. The van der Waals surface area contributed by atoms with Crippen molar-refractivity contribution < 1.29 is 0 Å². The van der Waals surface area contributed by atoms with Gasteiger partial charge in [-0.1, -0.05) is 25.3 Å². The first-order chi connectivity index (χ1) is 8.31. The van der Waals surface area contributed by atoms with E-state index < -0.39 is 0 Å². The summed E-state index contributed by atoms with van der Waals surface area (Å²) in [6.45, 7) is 10.8. The fourth-order valence-electron chi connectivity index (χ4n) is 3.55. The van der Waals surface area contributed by atoms with Gasteiger partial charge in [-0.3, -0.25) is 4.90 Å². The third-order valence-electron chi connectivity index (χ3n) is 4.67. The maximum absolute atomic E-state index is 3.75. The number of nitrogens with one attached hydrogen (secondary N) is 1.